The Balaban J connectivity index is 0.00000121. The van der Waals surface area contributed by atoms with Crippen molar-refractivity contribution in [2.24, 2.45) is 0 Å². The van der Waals surface area contributed by atoms with E-state index in [4.69, 9.17) is 4.74 Å². The monoisotopic (exact) mass is 156 g/mol. The van der Waals surface area contributed by atoms with Gasteiger partial charge in [0.2, 0.25) is 0 Å². The van der Waals surface area contributed by atoms with E-state index >= 15 is 0 Å². The summed E-state index contributed by atoms with van der Waals surface area (Å²) in [4.78, 5) is 0. The Morgan fingerprint density at radius 2 is 2.17 bits per heavy atom. The van der Waals surface area contributed by atoms with Gasteiger partial charge in [0.25, 0.3) is 0 Å². The molecule has 0 amide bonds. The van der Waals surface area contributed by atoms with E-state index in [2.05, 4.69) is 6.58 Å². The number of rotatable bonds is 1. The van der Waals surface area contributed by atoms with E-state index in [9.17, 15) is 5.11 Å². The quantitative estimate of drug-likeness (QED) is 0.391. The molecule has 0 aromatic heterocycles. The Bertz CT molecular complexity index is 346. The molecular weight excluding hydrogens is 147 g/mol. The molecule has 12 heavy (non-hydrogen) atoms. The molecule has 0 bridgehead atoms. The van der Waals surface area contributed by atoms with Crippen molar-refractivity contribution in [1.82, 2.24) is 0 Å². The predicted octanol–water partition coefficient (Wildman–Crippen LogP) is -3.79. The van der Waals surface area contributed by atoms with Crippen LogP contribution in [-0.4, -0.2) is 7.11 Å². The Morgan fingerprint density at radius 1 is 1.50 bits per heavy atom. The minimum absolute atomic E-state index is 0. The molecule has 1 rings (SSSR count). The summed E-state index contributed by atoms with van der Waals surface area (Å²) in [7, 11) is 1.53. The van der Waals surface area contributed by atoms with E-state index in [-0.39, 0.29) is 18.9 Å². The van der Waals surface area contributed by atoms with Crippen molar-refractivity contribution in [1.29, 1.82) is 0 Å². The van der Waals surface area contributed by atoms with Gasteiger partial charge in [0, 0.05) is 5.22 Å². The number of hydrogen-bond donors (Lipinski definition) is 0. The zero-order valence-corrected chi connectivity index (χ0v) is 7.33. The standard InChI is InChI=1S/C9H10O2.Li/c1-7-4-3-5-9(11-2)8(7)6-10;/h3-6,10H,1H2,2H3;/q;+1/p-1/b8-6+;. The van der Waals surface area contributed by atoms with Gasteiger partial charge >= 0.3 is 18.9 Å². The minimum Gasteiger partial charge on any atom is -0.877 e. The smallest absolute Gasteiger partial charge is 0.877 e. The van der Waals surface area contributed by atoms with Crippen molar-refractivity contribution in [3.8, 4) is 5.75 Å². The van der Waals surface area contributed by atoms with Gasteiger partial charge in [0.15, 0.2) is 0 Å². The van der Waals surface area contributed by atoms with Crippen molar-refractivity contribution in [2.75, 3.05) is 7.11 Å². The fraction of sp³-hybridized carbons (Fsp3) is 0.111. The van der Waals surface area contributed by atoms with Crippen molar-refractivity contribution in [2.45, 2.75) is 0 Å². The Labute approximate surface area is 83.4 Å². The molecule has 58 valence electrons. The average Bonchev–Trinajstić information content (AvgIpc) is 2.04. The number of ether oxygens (including phenoxy) is 1. The van der Waals surface area contributed by atoms with Crippen LogP contribution in [0.4, 0.5) is 0 Å². The SMILES string of the molecule is C=c1cccc(OC)/c1=C/[O-].[Li+]. The summed E-state index contributed by atoms with van der Waals surface area (Å²) < 4.78 is 4.95. The number of benzene rings is 1. The second kappa shape index (κ2) is 4.92. The Morgan fingerprint density at radius 3 is 2.58 bits per heavy atom. The molecule has 0 atom stereocenters. The fourth-order valence-corrected chi connectivity index (χ4v) is 0.901. The molecule has 0 heterocycles. The van der Waals surface area contributed by atoms with Gasteiger partial charge in [-0.2, -0.15) is 0 Å². The molecule has 0 radical (unpaired) electrons. The fourth-order valence-electron chi connectivity index (χ4n) is 0.901. The third kappa shape index (κ3) is 2.07. The van der Waals surface area contributed by atoms with Gasteiger partial charge < -0.3 is 9.84 Å². The van der Waals surface area contributed by atoms with E-state index in [0.29, 0.717) is 16.2 Å². The van der Waals surface area contributed by atoms with Crippen molar-refractivity contribution in [3.05, 3.63) is 28.6 Å². The van der Waals surface area contributed by atoms with Gasteiger partial charge in [-0.25, -0.2) is 0 Å². The van der Waals surface area contributed by atoms with Crippen LogP contribution in [0.15, 0.2) is 18.2 Å². The normalized spacial score (nSPS) is 10.6. The van der Waals surface area contributed by atoms with Crippen LogP contribution in [-0.2, 0) is 0 Å². The van der Waals surface area contributed by atoms with Gasteiger partial charge in [-0.05, 0) is 11.3 Å². The first kappa shape index (κ1) is 11.2. The van der Waals surface area contributed by atoms with Crippen LogP contribution in [0.3, 0.4) is 0 Å². The molecule has 0 aliphatic heterocycles. The molecule has 0 saturated carbocycles. The topological polar surface area (TPSA) is 32.3 Å². The first-order valence-corrected chi connectivity index (χ1v) is 3.23. The van der Waals surface area contributed by atoms with Crippen LogP contribution in [0, 0.1) is 0 Å². The van der Waals surface area contributed by atoms with Crippen molar-refractivity contribution >= 4 is 12.8 Å². The molecule has 0 unspecified atom stereocenters. The predicted molar refractivity (Wildman–Crippen MR) is 42.2 cm³/mol. The molecule has 0 aliphatic rings. The summed E-state index contributed by atoms with van der Waals surface area (Å²) in [6.45, 7) is 3.69. The maximum atomic E-state index is 10.5. The van der Waals surface area contributed by atoms with Gasteiger partial charge in [-0.15, -0.1) is 6.26 Å². The van der Waals surface area contributed by atoms with Crippen LogP contribution in [0.5, 0.6) is 5.75 Å². The molecule has 0 spiro atoms. The van der Waals surface area contributed by atoms with Crippen molar-refractivity contribution < 1.29 is 28.7 Å². The van der Waals surface area contributed by atoms with Crippen LogP contribution in [0.1, 0.15) is 0 Å². The summed E-state index contributed by atoms with van der Waals surface area (Å²) in [5.74, 6) is 0.576. The molecule has 1 aromatic rings. The van der Waals surface area contributed by atoms with Gasteiger partial charge in [0.05, 0.1) is 7.11 Å². The maximum Gasteiger partial charge on any atom is 1.00 e. The summed E-state index contributed by atoms with van der Waals surface area (Å²) in [5.41, 5.74) is 0. The van der Waals surface area contributed by atoms with Gasteiger partial charge in [0.1, 0.15) is 5.75 Å². The minimum atomic E-state index is 0. The summed E-state index contributed by atoms with van der Waals surface area (Å²) in [6, 6.07) is 5.30. The molecule has 0 fully saturated rings. The number of methoxy groups -OCH3 is 1. The van der Waals surface area contributed by atoms with Gasteiger partial charge in [-0.3, -0.25) is 0 Å². The van der Waals surface area contributed by atoms with E-state index in [1.165, 1.54) is 7.11 Å². The second-order valence-corrected chi connectivity index (χ2v) is 2.15. The molecule has 2 nitrogen and oxygen atoms in total. The molecule has 1 aromatic carbocycles. The summed E-state index contributed by atoms with van der Waals surface area (Å²) >= 11 is 0. The molecule has 0 N–H and O–H groups in total. The van der Waals surface area contributed by atoms with Gasteiger partial charge in [-0.1, -0.05) is 18.7 Å². The molecule has 0 saturated heterocycles. The van der Waals surface area contributed by atoms with E-state index in [0.717, 1.165) is 6.26 Å². The van der Waals surface area contributed by atoms with E-state index in [1.807, 2.05) is 0 Å². The summed E-state index contributed by atoms with van der Waals surface area (Å²) in [6.07, 6.45) is 0.751. The third-order valence-electron chi connectivity index (χ3n) is 1.49. The van der Waals surface area contributed by atoms with E-state index < -0.39 is 0 Å². The first-order chi connectivity index (χ1) is 5.29. The number of hydrogen-bond acceptors (Lipinski definition) is 2. The Hall–Kier alpha value is -0.843. The molecule has 0 aliphatic carbocycles. The third-order valence-corrected chi connectivity index (χ3v) is 1.49. The maximum absolute atomic E-state index is 10.5. The first-order valence-electron chi connectivity index (χ1n) is 3.23. The second-order valence-electron chi connectivity index (χ2n) is 2.15. The van der Waals surface area contributed by atoms with Crippen LogP contribution < -0.4 is 39.1 Å². The average molecular weight is 156 g/mol. The van der Waals surface area contributed by atoms with E-state index in [1.54, 1.807) is 18.2 Å². The van der Waals surface area contributed by atoms with Crippen LogP contribution in [0.25, 0.3) is 12.8 Å². The molecular formula is C9H9LiO2. The molecule has 3 heteroatoms. The zero-order valence-electron chi connectivity index (χ0n) is 7.33. The van der Waals surface area contributed by atoms with Crippen LogP contribution >= 0.6 is 0 Å². The zero-order chi connectivity index (χ0) is 8.27. The largest absolute Gasteiger partial charge is 1.00 e. The van der Waals surface area contributed by atoms with Crippen LogP contribution in [0.2, 0.25) is 0 Å². The summed E-state index contributed by atoms with van der Waals surface area (Å²) in [5, 5.41) is 11.7. The van der Waals surface area contributed by atoms with Crippen molar-refractivity contribution in [3.63, 3.8) is 0 Å². The Kier molecular flexibility index (Phi) is 4.57.